The fraction of sp³-hybridized carbons (Fsp3) is 0.385. The first-order chi connectivity index (χ1) is 16.1. The molecule has 7 heteroatoms. The molecule has 33 heavy (non-hydrogen) atoms. The number of aromatic nitrogens is 3. The second-order valence-corrected chi connectivity index (χ2v) is 9.10. The zero-order valence-electron chi connectivity index (χ0n) is 18.7. The second kappa shape index (κ2) is 9.27. The number of hydrogen-bond acceptors (Lipinski definition) is 5. The number of likely N-dealkylation sites (tertiary alicyclic amines) is 1. The minimum absolute atomic E-state index is 0.0552. The van der Waals surface area contributed by atoms with Crippen molar-refractivity contribution in [3.8, 4) is 0 Å². The monoisotopic (exact) mass is 443 g/mol. The molecule has 0 bridgehead atoms. The van der Waals surface area contributed by atoms with Gasteiger partial charge in [0.25, 0.3) is 11.5 Å². The molecule has 3 aromatic rings. The first-order valence-electron chi connectivity index (χ1n) is 11.7. The van der Waals surface area contributed by atoms with Gasteiger partial charge in [-0.25, -0.2) is 0 Å². The molecule has 2 aliphatic heterocycles. The molecule has 2 aromatic heterocycles. The number of rotatable bonds is 6. The molecule has 1 N–H and O–H groups in total. The molecule has 0 aliphatic carbocycles. The van der Waals surface area contributed by atoms with E-state index < -0.39 is 5.56 Å². The Labute approximate surface area is 193 Å². The van der Waals surface area contributed by atoms with Crippen molar-refractivity contribution in [3.05, 3.63) is 93.9 Å². The average Bonchev–Trinajstić information content (AvgIpc) is 3.18. The van der Waals surface area contributed by atoms with E-state index >= 15 is 0 Å². The maximum Gasteiger partial charge on any atom is 0.285 e. The van der Waals surface area contributed by atoms with Gasteiger partial charge in [0.05, 0.1) is 0 Å². The Morgan fingerprint density at radius 1 is 1.00 bits per heavy atom. The van der Waals surface area contributed by atoms with E-state index in [2.05, 4.69) is 44.5 Å². The SMILES string of the molecule is O=C(NCCc1ccccn1)c1cn2c(nc1=O)C1(CCN(Cc3ccccc3)CC1)CC2. The number of carbonyl (C=O) groups excluding carboxylic acids is 1. The quantitative estimate of drug-likeness (QED) is 0.633. The lowest BCUT2D eigenvalue weighted by molar-refractivity contribution is 0.0951. The molecule has 0 saturated carbocycles. The van der Waals surface area contributed by atoms with Crippen LogP contribution in [-0.4, -0.2) is 45.0 Å². The Balaban J connectivity index is 1.23. The lowest BCUT2D eigenvalue weighted by atomic mass is 9.76. The number of pyridine rings is 1. The van der Waals surface area contributed by atoms with Gasteiger partial charge in [0.15, 0.2) is 0 Å². The molecule has 1 spiro atoms. The van der Waals surface area contributed by atoms with Crippen LogP contribution in [0.2, 0.25) is 0 Å². The maximum atomic E-state index is 12.8. The van der Waals surface area contributed by atoms with E-state index in [9.17, 15) is 9.59 Å². The molecule has 0 radical (unpaired) electrons. The van der Waals surface area contributed by atoms with Crippen molar-refractivity contribution in [2.45, 2.75) is 44.2 Å². The highest BCUT2D eigenvalue weighted by Crippen LogP contribution is 2.42. The summed E-state index contributed by atoms with van der Waals surface area (Å²) in [6.45, 7) is 4.16. The highest BCUT2D eigenvalue weighted by molar-refractivity contribution is 5.93. The van der Waals surface area contributed by atoms with Crippen LogP contribution in [0.3, 0.4) is 0 Å². The van der Waals surface area contributed by atoms with Gasteiger partial charge in [-0.05, 0) is 50.0 Å². The molecular formula is C26H29N5O2. The van der Waals surface area contributed by atoms with Crippen LogP contribution in [0.4, 0.5) is 0 Å². The lowest BCUT2D eigenvalue weighted by Gasteiger charge is -2.38. The summed E-state index contributed by atoms with van der Waals surface area (Å²) < 4.78 is 2.03. The van der Waals surface area contributed by atoms with E-state index in [0.717, 1.165) is 57.0 Å². The van der Waals surface area contributed by atoms with Gasteiger partial charge in [-0.2, -0.15) is 4.98 Å². The van der Waals surface area contributed by atoms with Crippen LogP contribution in [0, 0.1) is 0 Å². The number of nitrogens with zero attached hydrogens (tertiary/aromatic N) is 4. The number of amides is 1. The number of piperidine rings is 1. The zero-order chi connectivity index (χ0) is 22.7. The Morgan fingerprint density at radius 3 is 2.52 bits per heavy atom. The van der Waals surface area contributed by atoms with Crippen LogP contribution in [0.5, 0.6) is 0 Å². The van der Waals surface area contributed by atoms with Crippen LogP contribution in [0.25, 0.3) is 0 Å². The second-order valence-electron chi connectivity index (χ2n) is 9.10. The molecule has 2 aliphatic rings. The number of benzene rings is 1. The normalized spacial score (nSPS) is 17.1. The first kappa shape index (κ1) is 21.5. The average molecular weight is 444 g/mol. The minimum atomic E-state index is -0.426. The summed E-state index contributed by atoms with van der Waals surface area (Å²) in [4.78, 5) is 36.6. The van der Waals surface area contributed by atoms with Gasteiger partial charge in [0.2, 0.25) is 0 Å². The molecule has 1 fully saturated rings. The van der Waals surface area contributed by atoms with Gasteiger partial charge in [-0.15, -0.1) is 0 Å². The molecule has 1 saturated heterocycles. The van der Waals surface area contributed by atoms with Gasteiger partial charge >= 0.3 is 0 Å². The molecular weight excluding hydrogens is 414 g/mol. The van der Waals surface area contributed by atoms with E-state index in [1.807, 2.05) is 28.8 Å². The van der Waals surface area contributed by atoms with Crippen LogP contribution in [0.15, 0.2) is 65.7 Å². The molecule has 4 heterocycles. The molecule has 5 rings (SSSR count). The van der Waals surface area contributed by atoms with Crippen molar-refractivity contribution in [3.63, 3.8) is 0 Å². The lowest BCUT2D eigenvalue weighted by Crippen LogP contribution is -2.42. The van der Waals surface area contributed by atoms with Crippen molar-refractivity contribution >= 4 is 5.91 Å². The summed E-state index contributed by atoms with van der Waals surface area (Å²) in [6.07, 6.45) is 7.02. The van der Waals surface area contributed by atoms with Crippen LogP contribution >= 0.6 is 0 Å². The number of nitrogens with one attached hydrogen (secondary N) is 1. The smallest absolute Gasteiger partial charge is 0.285 e. The fourth-order valence-electron chi connectivity index (χ4n) is 5.09. The van der Waals surface area contributed by atoms with Crippen LogP contribution in [-0.2, 0) is 24.9 Å². The minimum Gasteiger partial charge on any atom is -0.351 e. The van der Waals surface area contributed by atoms with Gasteiger partial charge in [0.1, 0.15) is 11.4 Å². The van der Waals surface area contributed by atoms with Gasteiger partial charge < -0.3 is 9.88 Å². The molecule has 1 amide bonds. The van der Waals surface area contributed by atoms with Crippen molar-refractivity contribution in [1.82, 2.24) is 24.8 Å². The number of carbonyl (C=O) groups is 1. The number of aryl methyl sites for hydroxylation is 1. The van der Waals surface area contributed by atoms with Gasteiger partial charge in [-0.3, -0.25) is 19.5 Å². The van der Waals surface area contributed by atoms with E-state index in [1.54, 1.807) is 12.4 Å². The predicted molar refractivity (Wildman–Crippen MR) is 126 cm³/mol. The molecule has 7 nitrogen and oxygen atoms in total. The van der Waals surface area contributed by atoms with Crippen LogP contribution < -0.4 is 10.9 Å². The standard InChI is InChI=1S/C26H29N5O2/c32-23(28-14-9-21-8-4-5-13-27-21)22-19-31-17-12-26(25(31)29-24(22)33)10-15-30(16-11-26)18-20-6-2-1-3-7-20/h1-8,13,19H,9-12,14-18H2,(H,28,32). The van der Waals surface area contributed by atoms with Crippen molar-refractivity contribution in [2.75, 3.05) is 19.6 Å². The predicted octanol–water partition coefficient (Wildman–Crippen LogP) is 2.55. The molecule has 0 unspecified atom stereocenters. The third-order valence-electron chi connectivity index (χ3n) is 7.00. The van der Waals surface area contributed by atoms with E-state index in [-0.39, 0.29) is 16.9 Å². The van der Waals surface area contributed by atoms with Crippen LogP contribution in [0.1, 0.15) is 46.7 Å². The van der Waals surface area contributed by atoms with E-state index in [4.69, 9.17) is 0 Å². The highest BCUT2D eigenvalue weighted by atomic mass is 16.2. The van der Waals surface area contributed by atoms with Crippen molar-refractivity contribution in [2.24, 2.45) is 0 Å². The summed E-state index contributed by atoms with van der Waals surface area (Å²) in [6, 6.07) is 16.2. The summed E-state index contributed by atoms with van der Waals surface area (Å²) in [5.74, 6) is 0.495. The Morgan fingerprint density at radius 2 is 1.76 bits per heavy atom. The highest BCUT2D eigenvalue weighted by Gasteiger charge is 2.43. The van der Waals surface area contributed by atoms with Crippen molar-refractivity contribution in [1.29, 1.82) is 0 Å². The Hall–Kier alpha value is -3.32. The number of fused-ring (bicyclic) bond motifs is 2. The zero-order valence-corrected chi connectivity index (χ0v) is 18.7. The molecule has 0 atom stereocenters. The largest absolute Gasteiger partial charge is 0.351 e. The van der Waals surface area contributed by atoms with Crippen molar-refractivity contribution < 1.29 is 4.79 Å². The summed E-state index contributed by atoms with van der Waals surface area (Å²) in [7, 11) is 0. The first-order valence-corrected chi connectivity index (χ1v) is 11.7. The topological polar surface area (TPSA) is 80.1 Å². The Kier molecular flexibility index (Phi) is 6.05. The number of hydrogen-bond donors (Lipinski definition) is 1. The molecule has 1 aromatic carbocycles. The summed E-state index contributed by atoms with van der Waals surface area (Å²) in [5, 5.41) is 2.84. The van der Waals surface area contributed by atoms with E-state index in [0.29, 0.717) is 13.0 Å². The maximum absolute atomic E-state index is 12.8. The fourth-order valence-corrected chi connectivity index (χ4v) is 5.09. The van der Waals surface area contributed by atoms with E-state index in [1.165, 1.54) is 5.56 Å². The summed E-state index contributed by atoms with van der Waals surface area (Å²) >= 11 is 0. The van der Waals surface area contributed by atoms with Gasteiger partial charge in [-0.1, -0.05) is 36.4 Å². The Bertz CT molecular complexity index is 1170. The summed E-state index contributed by atoms with van der Waals surface area (Å²) in [5.41, 5.74) is 1.87. The third kappa shape index (κ3) is 4.59. The van der Waals surface area contributed by atoms with Gasteiger partial charge in [0, 0.05) is 49.6 Å². The third-order valence-corrected chi connectivity index (χ3v) is 7.00. The molecule has 170 valence electrons.